The van der Waals surface area contributed by atoms with Gasteiger partial charge in [0.2, 0.25) is 5.91 Å². The molecule has 2 aromatic heterocycles. The highest BCUT2D eigenvalue weighted by Crippen LogP contribution is 2.26. The third kappa shape index (κ3) is 4.37. The van der Waals surface area contributed by atoms with Crippen LogP contribution < -0.4 is 5.32 Å². The summed E-state index contributed by atoms with van der Waals surface area (Å²) < 4.78 is 5.54. The summed E-state index contributed by atoms with van der Waals surface area (Å²) in [6.45, 7) is 1.92. The minimum absolute atomic E-state index is 0.0975. The molecule has 0 aliphatic carbocycles. The zero-order valence-electron chi connectivity index (χ0n) is 12.7. The summed E-state index contributed by atoms with van der Waals surface area (Å²) in [5, 5.41) is 13.9. The van der Waals surface area contributed by atoms with E-state index in [9.17, 15) is 4.79 Å². The largest absolute Gasteiger partial charge is 0.410 e. The van der Waals surface area contributed by atoms with Crippen molar-refractivity contribution in [2.45, 2.75) is 18.2 Å². The van der Waals surface area contributed by atoms with Crippen molar-refractivity contribution in [2.24, 2.45) is 0 Å². The molecule has 0 saturated heterocycles. The molecule has 8 heteroatoms. The maximum absolute atomic E-state index is 12.1. The average Bonchev–Trinajstić information content (AvgIpc) is 3.25. The summed E-state index contributed by atoms with van der Waals surface area (Å²) in [7, 11) is 0. The summed E-state index contributed by atoms with van der Waals surface area (Å²) in [5.41, 5.74) is 0.996. The predicted octanol–water partition coefficient (Wildman–Crippen LogP) is 4.42. The third-order valence-corrected chi connectivity index (χ3v) is 5.14. The molecule has 1 aromatic carbocycles. The van der Waals surface area contributed by atoms with Crippen LogP contribution in [-0.2, 0) is 4.79 Å². The lowest BCUT2D eigenvalue weighted by Crippen LogP contribution is -2.28. The van der Waals surface area contributed by atoms with Crippen molar-refractivity contribution >= 4 is 40.6 Å². The van der Waals surface area contributed by atoms with E-state index >= 15 is 0 Å². The molecule has 124 valence electrons. The smallest absolute Gasteiger partial charge is 0.277 e. The second-order valence-corrected chi connectivity index (χ2v) is 7.29. The number of nitrogens with zero attached hydrogens (tertiary/aromatic N) is 2. The van der Waals surface area contributed by atoms with Gasteiger partial charge in [-0.15, -0.1) is 21.5 Å². The maximum atomic E-state index is 12.1. The lowest BCUT2D eigenvalue weighted by atomic mass is 10.1. The Labute approximate surface area is 152 Å². The maximum Gasteiger partial charge on any atom is 0.277 e. The molecule has 24 heavy (non-hydrogen) atoms. The van der Waals surface area contributed by atoms with Crippen LogP contribution in [0.2, 0.25) is 5.02 Å². The number of hydrogen-bond acceptors (Lipinski definition) is 6. The second kappa shape index (κ2) is 7.83. The molecular formula is C16H14ClN3O2S2. The van der Waals surface area contributed by atoms with Crippen molar-refractivity contribution < 1.29 is 9.21 Å². The fourth-order valence-electron chi connectivity index (χ4n) is 2.01. The minimum atomic E-state index is -0.0988. The monoisotopic (exact) mass is 379 g/mol. The SMILES string of the molecule is C[C@H](NC(=O)CSc1nnc(-c2cccs2)o1)c1ccc(Cl)cc1. The van der Waals surface area contributed by atoms with E-state index < -0.39 is 0 Å². The second-order valence-electron chi connectivity index (χ2n) is 4.98. The molecular weight excluding hydrogens is 366 g/mol. The van der Waals surface area contributed by atoms with E-state index in [-0.39, 0.29) is 17.7 Å². The molecule has 3 rings (SSSR count). The highest BCUT2D eigenvalue weighted by molar-refractivity contribution is 7.99. The lowest BCUT2D eigenvalue weighted by molar-refractivity contribution is -0.119. The van der Waals surface area contributed by atoms with Crippen LogP contribution in [0.25, 0.3) is 10.8 Å². The molecule has 0 fully saturated rings. The van der Waals surface area contributed by atoms with Crippen LogP contribution in [0.5, 0.6) is 0 Å². The normalized spacial score (nSPS) is 12.1. The quantitative estimate of drug-likeness (QED) is 0.642. The van der Waals surface area contributed by atoms with E-state index in [4.69, 9.17) is 16.0 Å². The molecule has 0 radical (unpaired) electrons. The Morgan fingerprint density at radius 2 is 2.12 bits per heavy atom. The fourth-order valence-corrected chi connectivity index (χ4v) is 3.36. The number of aromatic nitrogens is 2. The summed E-state index contributed by atoms with van der Waals surface area (Å²) in [4.78, 5) is 13.0. The predicted molar refractivity (Wildman–Crippen MR) is 96.3 cm³/mol. The first-order chi connectivity index (χ1) is 11.6. The van der Waals surface area contributed by atoms with Crippen LogP contribution >= 0.6 is 34.7 Å². The number of amides is 1. The molecule has 0 unspecified atom stereocenters. The molecule has 3 aromatic rings. The molecule has 0 bridgehead atoms. The van der Waals surface area contributed by atoms with Crippen LogP contribution in [0, 0.1) is 0 Å². The summed E-state index contributed by atoms with van der Waals surface area (Å²) >= 11 is 8.61. The first-order valence-corrected chi connectivity index (χ1v) is 9.41. The van der Waals surface area contributed by atoms with Crippen LogP contribution in [0.3, 0.4) is 0 Å². The first-order valence-electron chi connectivity index (χ1n) is 7.17. The topological polar surface area (TPSA) is 68.0 Å². The van der Waals surface area contributed by atoms with Gasteiger partial charge in [-0.05, 0) is 36.1 Å². The number of thioether (sulfide) groups is 1. The van der Waals surface area contributed by atoms with E-state index in [1.54, 1.807) is 12.1 Å². The number of carbonyl (C=O) groups excluding carboxylic acids is 1. The molecule has 0 aliphatic rings. The van der Waals surface area contributed by atoms with Gasteiger partial charge in [-0.25, -0.2) is 0 Å². The molecule has 5 nitrogen and oxygen atoms in total. The van der Waals surface area contributed by atoms with Crippen LogP contribution in [-0.4, -0.2) is 21.9 Å². The zero-order chi connectivity index (χ0) is 16.9. The Morgan fingerprint density at radius 1 is 1.33 bits per heavy atom. The number of carbonyl (C=O) groups is 1. The highest BCUT2D eigenvalue weighted by atomic mass is 35.5. The average molecular weight is 380 g/mol. The van der Waals surface area contributed by atoms with Gasteiger partial charge in [0.05, 0.1) is 16.7 Å². The number of thiophene rings is 1. The van der Waals surface area contributed by atoms with Gasteiger partial charge < -0.3 is 9.73 Å². The fraction of sp³-hybridized carbons (Fsp3) is 0.188. The van der Waals surface area contributed by atoms with Crippen molar-refractivity contribution in [2.75, 3.05) is 5.75 Å². The van der Waals surface area contributed by atoms with E-state index in [1.807, 2.05) is 36.6 Å². The van der Waals surface area contributed by atoms with Crippen LogP contribution in [0.15, 0.2) is 51.4 Å². The number of benzene rings is 1. The van der Waals surface area contributed by atoms with Crippen LogP contribution in [0.1, 0.15) is 18.5 Å². The lowest BCUT2D eigenvalue weighted by Gasteiger charge is -2.13. The molecule has 1 N–H and O–H groups in total. The minimum Gasteiger partial charge on any atom is -0.410 e. The number of rotatable bonds is 6. The van der Waals surface area contributed by atoms with Crippen molar-refractivity contribution in [3.8, 4) is 10.8 Å². The molecule has 0 spiro atoms. The van der Waals surface area contributed by atoms with Gasteiger partial charge in [0.25, 0.3) is 11.1 Å². The molecule has 0 aliphatic heterocycles. The van der Waals surface area contributed by atoms with Gasteiger partial charge in [-0.1, -0.05) is 41.6 Å². The van der Waals surface area contributed by atoms with Crippen molar-refractivity contribution in [1.29, 1.82) is 0 Å². The molecule has 0 saturated carbocycles. The highest BCUT2D eigenvalue weighted by Gasteiger charge is 2.13. The molecule has 1 amide bonds. The Hall–Kier alpha value is -1.83. The van der Waals surface area contributed by atoms with Gasteiger partial charge in [0.1, 0.15) is 0 Å². The van der Waals surface area contributed by atoms with Gasteiger partial charge in [0.15, 0.2) is 0 Å². The van der Waals surface area contributed by atoms with Crippen molar-refractivity contribution in [3.63, 3.8) is 0 Å². The van der Waals surface area contributed by atoms with Crippen molar-refractivity contribution in [1.82, 2.24) is 15.5 Å². The number of nitrogens with one attached hydrogen (secondary N) is 1. The molecule has 2 heterocycles. The van der Waals surface area contributed by atoms with Crippen molar-refractivity contribution in [3.05, 3.63) is 52.4 Å². The molecule has 1 atom stereocenters. The first kappa shape index (κ1) is 17.0. The van der Waals surface area contributed by atoms with E-state index in [0.29, 0.717) is 16.1 Å². The summed E-state index contributed by atoms with van der Waals surface area (Å²) in [6, 6.07) is 11.1. The van der Waals surface area contributed by atoms with Gasteiger partial charge >= 0.3 is 0 Å². The zero-order valence-corrected chi connectivity index (χ0v) is 15.1. The van der Waals surface area contributed by atoms with Gasteiger partial charge in [-0.2, -0.15) is 0 Å². The summed E-state index contributed by atoms with van der Waals surface area (Å²) in [6.07, 6.45) is 0. The Morgan fingerprint density at radius 3 is 2.83 bits per heavy atom. The Bertz CT molecular complexity index is 803. The standard InChI is InChI=1S/C16H14ClN3O2S2/c1-10(11-4-6-12(17)7-5-11)18-14(21)9-24-16-20-19-15(22-16)13-3-2-8-23-13/h2-8,10H,9H2,1H3,(H,18,21)/t10-/m0/s1. The summed E-state index contributed by atoms with van der Waals surface area (Å²) in [5.74, 6) is 0.588. The number of halogens is 1. The van der Waals surface area contributed by atoms with E-state index in [1.165, 1.54) is 23.1 Å². The Kier molecular flexibility index (Phi) is 5.55. The van der Waals surface area contributed by atoms with Gasteiger partial charge in [-0.3, -0.25) is 4.79 Å². The van der Waals surface area contributed by atoms with E-state index in [0.717, 1.165) is 10.4 Å². The van der Waals surface area contributed by atoms with E-state index in [2.05, 4.69) is 15.5 Å². The van der Waals surface area contributed by atoms with Crippen LogP contribution in [0.4, 0.5) is 0 Å². The van der Waals surface area contributed by atoms with Gasteiger partial charge in [0, 0.05) is 5.02 Å². The Balaban J connectivity index is 1.51. The number of hydrogen-bond donors (Lipinski definition) is 1. The third-order valence-electron chi connectivity index (χ3n) is 3.21.